The van der Waals surface area contributed by atoms with E-state index in [9.17, 15) is 4.79 Å². The van der Waals surface area contributed by atoms with Crippen LogP contribution >= 0.6 is 11.6 Å². The molecule has 2 nitrogen and oxygen atoms in total. The van der Waals surface area contributed by atoms with Crippen LogP contribution in [0.2, 0.25) is 5.02 Å². The Morgan fingerprint density at radius 2 is 2.06 bits per heavy atom. The molecule has 86 valence electrons. The smallest absolute Gasteiger partial charge is 0.330 e. The van der Waals surface area contributed by atoms with Crippen molar-refractivity contribution in [2.75, 3.05) is 6.61 Å². The van der Waals surface area contributed by atoms with Crippen LogP contribution in [-0.2, 0) is 9.53 Å². The van der Waals surface area contributed by atoms with Crippen LogP contribution in [0.1, 0.15) is 25.3 Å². The molecular weight excluding hydrogens is 224 g/mol. The lowest BCUT2D eigenvalue weighted by atomic mass is 10.0. The van der Waals surface area contributed by atoms with Crippen molar-refractivity contribution in [1.29, 1.82) is 0 Å². The van der Waals surface area contributed by atoms with Crippen LogP contribution in [0.25, 0.3) is 0 Å². The molecule has 0 aliphatic rings. The molecule has 16 heavy (non-hydrogen) atoms. The van der Waals surface area contributed by atoms with E-state index in [2.05, 4.69) is 0 Å². The van der Waals surface area contributed by atoms with Gasteiger partial charge >= 0.3 is 5.97 Å². The molecule has 0 saturated carbocycles. The van der Waals surface area contributed by atoms with Gasteiger partial charge < -0.3 is 4.74 Å². The number of halogens is 1. The molecule has 0 aliphatic heterocycles. The maximum absolute atomic E-state index is 11.1. The maximum atomic E-state index is 11.1. The standard InChI is InChI=1S/C13H15ClO2/c1-3-16-13(15)9-4-10(2)11-5-7-12(14)8-6-11/h4-10H,3H2,1-2H3/b9-4+. The summed E-state index contributed by atoms with van der Waals surface area (Å²) in [7, 11) is 0. The van der Waals surface area contributed by atoms with Gasteiger partial charge in [-0.1, -0.05) is 36.7 Å². The predicted octanol–water partition coefficient (Wildman–Crippen LogP) is 3.56. The fraction of sp³-hybridized carbons (Fsp3) is 0.308. The number of ether oxygens (including phenoxy) is 1. The molecule has 0 saturated heterocycles. The van der Waals surface area contributed by atoms with Gasteiger partial charge in [-0.05, 0) is 30.5 Å². The van der Waals surface area contributed by atoms with Crippen molar-refractivity contribution in [1.82, 2.24) is 0 Å². The summed E-state index contributed by atoms with van der Waals surface area (Å²) in [4.78, 5) is 11.1. The number of carbonyl (C=O) groups excluding carboxylic acids is 1. The largest absolute Gasteiger partial charge is 0.463 e. The summed E-state index contributed by atoms with van der Waals surface area (Å²) in [5.74, 6) is -0.134. The van der Waals surface area contributed by atoms with Gasteiger partial charge in [-0.2, -0.15) is 0 Å². The number of rotatable bonds is 4. The zero-order valence-corrected chi connectivity index (χ0v) is 10.2. The molecule has 1 rings (SSSR count). The summed E-state index contributed by atoms with van der Waals surface area (Å²) in [6, 6.07) is 7.57. The molecule has 0 heterocycles. The van der Waals surface area contributed by atoms with Gasteiger partial charge in [0.25, 0.3) is 0 Å². The number of carbonyl (C=O) groups is 1. The first-order chi connectivity index (χ1) is 7.63. The van der Waals surface area contributed by atoms with Crippen molar-refractivity contribution in [3.63, 3.8) is 0 Å². The summed E-state index contributed by atoms with van der Waals surface area (Å²) in [6.07, 6.45) is 3.28. The highest BCUT2D eigenvalue weighted by Crippen LogP contribution is 2.18. The topological polar surface area (TPSA) is 26.3 Å². The van der Waals surface area contributed by atoms with Gasteiger partial charge in [-0.3, -0.25) is 0 Å². The Labute approximate surface area is 101 Å². The molecule has 1 unspecified atom stereocenters. The minimum absolute atomic E-state index is 0.168. The van der Waals surface area contributed by atoms with Crippen LogP contribution < -0.4 is 0 Å². The number of esters is 1. The Hall–Kier alpha value is -1.28. The summed E-state index contributed by atoms with van der Waals surface area (Å²) < 4.78 is 4.80. The lowest BCUT2D eigenvalue weighted by molar-refractivity contribution is -0.137. The third kappa shape index (κ3) is 4.07. The Morgan fingerprint density at radius 1 is 1.44 bits per heavy atom. The number of allylic oxidation sites excluding steroid dienone is 1. The number of benzene rings is 1. The van der Waals surface area contributed by atoms with Gasteiger partial charge in [-0.15, -0.1) is 0 Å². The second-order valence-electron chi connectivity index (χ2n) is 3.45. The first-order valence-electron chi connectivity index (χ1n) is 5.24. The van der Waals surface area contributed by atoms with E-state index in [1.807, 2.05) is 37.3 Å². The molecule has 0 amide bonds. The van der Waals surface area contributed by atoms with Crippen LogP contribution in [0.3, 0.4) is 0 Å². The van der Waals surface area contributed by atoms with E-state index in [1.54, 1.807) is 6.92 Å². The Bertz CT molecular complexity index is 368. The average Bonchev–Trinajstić information content (AvgIpc) is 2.27. The summed E-state index contributed by atoms with van der Waals surface area (Å²) in [5, 5.41) is 0.713. The highest BCUT2D eigenvalue weighted by atomic mass is 35.5. The Morgan fingerprint density at radius 3 is 2.62 bits per heavy atom. The summed E-state index contributed by atoms with van der Waals surface area (Å²) >= 11 is 5.79. The van der Waals surface area contributed by atoms with E-state index in [0.717, 1.165) is 5.56 Å². The molecule has 0 spiro atoms. The highest BCUT2D eigenvalue weighted by Gasteiger charge is 2.02. The van der Waals surface area contributed by atoms with Crippen LogP contribution in [0.4, 0.5) is 0 Å². The maximum Gasteiger partial charge on any atom is 0.330 e. The van der Waals surface area contributed by atoms with E-state index < -0.39 is 0 Å². The normalized spacial score (nSPS) is 12.7. The Balaban J connectivity index is 2.61. The lowest BCUT2D eigenvalue weighted by Gasteiger charge is -2.06. The molecule has 0 radical (unpaired) electrons. The molecule has 3 heteroatoms. The fourth-order valence-corrected chi connectivity index (χ4v) is 1.42. The highest BCUT2D eigenvalue weighted by molar-refractivity contribution is 6.30. The fourth-order valence-electron chi connectivity index (χ4n) is 1.29. The first kappa shape index (κ1) is 12.8. The molecule has 1 aromatic rings. The van der Waals surface area contributed by atoms with Crippen molar-refractivity contribution in [3.8, 4) is 0 Å². The van der Waals surface area contributed by atoms with E-state index in [1.165, 1.54) is 6.08 Å². The van der Waals surface area contributed by atoms with Gasteiger partial charge in [0.1, 0.15) is 0 Å². The van der Waals surface area contributed by atoms with E-state index in [-0.39, 0.29) is 11.9 Å². The van der Waals surface area contributed by atoms with Crippen molar-refractivity contribution in [2.45, 2.75) is 19.8 Å². The van der Waals surface area contributed by atoms with E-state index in [0.29, 0.717) is 11.6 Å². The minimum Gasteiger partial charge on any atom is -0.463 e. The zero-order chi connectivity index (χ0) is 12.0. The van der Waals surface area contributed by atoms with Gasteiger partial charge in [0.2, 0.25) is 0 Å². The lowest BCUT2D eigenvalue weighted by Crippen LogP contribution is -2.00. The van der Waals surface area contributed by atoms with Crippen LogP contribution in [0.5, 0.6) is 0 Å². The summed E-state index contributed by atoms with van der Waals surface area (Å²) in [5.41, 5.74) is 1.12. The van der Waals surface area contributed by atoms with Gasteiger partial charge in [0.15, 0.2) is 0 Å². The monoisotopic (exact) mass is 238 g/mol. The molecule has 0 aromatic heterocycles. The average molecular weight is 239 g/mol. The van der Waals surface area contributed by atoms with Crippen LogP contribution in [0, 0.1) is 0 Å². The molecule has 1 atom stereocenters. The molecule has 1 aromatic carbocycles. The Kier molecular flexibility index (Phi) is 5.06. The third-order valence-corrected chi connectivity index (χ3v) is 2.46. The second-order valence-corrected chi connectivity index (χ2v) is 3.89. The van der Waals surface area contributed by atoms with Gasteiger partial charge in [0.05, 0.1) is 6.61 Å². The SMILES string of the molecule is CCOC(=O)/C=C/C(C)c1ccc(Cl)cc1. The van der Waals surface area contributed by atoms with Crippen molar-refractivity contribution < 1.29 is 9.53 Å². The van der Waals surface area contributed by atoms with Gasteiger partial charge in [-0.25, -0.2) is 4.79 Å². The van der Waals surface area contributed by atoms with Crippen molar-refractivity contribution in [3.05, 3.63) is 47.0 Å². The van der Waals surface area contributed by atoms with E-state index >= 15 is 0 Å². The minimum atomic E-state index is -0.302. The predicted molar refractivity (Wildman–Crippen MR) is 65.6 cm³/mol. The number of hydrogen-bond acceptors (Lipinski definition) is 2. The molecule has 0 aliphatic carbocycles. The second kappa shape index (κ2) is 6.33. The molecule has 0 bridgehead atoms. The quantitative estimate of drug-likeness (QED) is 0.592. The van der Waals surface area contributed by atoms with Crippen LogP contribution in [-0.4, -0.2) is 12.6 Å². The number of hydrogen-bond donors (Lipinski definition) is 0. The van der Waals surface area contributed by atoms with Crippen molar-refractivity contribution in [2.24, 2.45) is 0 Å². The molecular formula is C13H15ClO2. The first-order valence-corrected chi connectivity index (χ1v) is 5.61. The summed E-state index contributed by atoms with van der Waals surface area (Å²) in [6.45, 7) is 4.20. The molecule has 0 N–H and O–H groups in total. The zero-order valence-electron chi connectivity index (χ0n) is 9.44. The molecule has 0 fully saturated rings. The van der Waals surface area contributed by atoms with Crippen molar-refractivity contribution >= 4 is 17.6 Å². The third-order valence-electron chi connectivity index (χ3n) is 2.20. The van der Waals surface area contributed by atoms with Crippen LogP contribution in [0.15, 0.2) is 36.4 Å². The van der Waals surface area contributed by atoms with E-state index in [4.69, 9.17) is 16.3 Å². The van der Waals surface area contributed by atoms with Gasteiger partial charge in [0, 0.05) is 11.1 Å².